The number of rotatable bonds is 2. The van der Waals surface area contributed by atoms with Crippen molar-refractivity contribution in [1.29, 1.82) is 0 Å². The van der Waals surface area contributed by atoms with Crippen molar-refractivity contribution in [2.75, 3.05) is 9.71 Å². The monoisotopic (exact) mass is 828 g/mol. The molecule has 3 aliphatic heterocycles. The zero-order valence-electron chi connectivity index (χ0n) is 37.7. The first-order chi connectivity index (χ1) is 30.7. The van der Waals surface area contributed by atoms with E-state index in [1.54, 1.807) is 0 Å². The number of anilines is 5. The van der Waals surface area contributed by atoms with E-state index in [4.69, 9.17) is 9.15 Å². The molecule has 0 unspecified atom stereocenters. The van der Waals surface area contributed by atoms with Crippen molar-refractivity contribution in [2.45, 2.75) is 71.6 Å². The van der Waals surface area contributed by atoms with Crippen molar-refractivity contribution in [3.63, 3.8) is 0 Å². The second-order valence-electron chi connectivity index (χ2n) is 21.0. The van der Waals surface area contributed by atoms with Gasteiger partial charge in [0.2, 0.25) is 0 Å². The Bertz CT molecular complexity index is 3490. The first-order valence-electron chi connectivity index (χ1n) is 22.8. The van der Waals surface area contributed by atoms with Gasteiger partial charge in [-0.15, -0.1) is 0 Å². The third kappa shape index (κ3) is 5.12. The minimum absolute atomic E-state index is 0.0496. The summed E-state index contributed by atoms with van der Waals surface area (Å²) in [6.45, 7) is 18.5. The van der Waals surface area contributed by atoms with Crippen molar-refractivity contribution in [3.8, 4) is 44.9 Å². The van der Waals surface area contributed by atoms with Crippen LogP contribution in [0.5, 0.6) is 11.5 Å². The van der Waals surface area contributed by atoms with Crippen LogP contribution >= 0.6 is 0 Å². The fourth-order valence-corrected chi connectivity index (χ4v) is 11.3. The standard InChI is InChI=1S/C59H49BN2O2/c1-57(2,3)36-23-25-48-49(30-36)61(38-16-10-9-11-17-38)50-31-37(58(4,5)6)29-44-43-26-35(34-22-24-41-40-19-13-15-21-51(40)63-52(41)27-34)28-54-55(43)60(62(48)56(44)50)47-33-46-42(32-53(47)64-54)39-18-12-14-20-45(39)59(46,7)8/h9-33H,1-8H3. The van der Waals surface area contributed by atoms with E-state index >= 15 is 0 Å². The van der Waals surface area contributed by atoms with Crippen LogP contribution in [0, 0.1) is 0 Å². The summed E-state index contributed by atoms with van der Waals surface area (Å²) in [6.07, 6.45) is 0. The molecule has 0 N–H and O–H groups in total. The minimum Gasteiger partial charge on any atom is -0.458 e. The highest BCUT2D eigenvalue weighted by Gasteiger charge is 2.50. The van der Waals surface area contributed by atoms with Crippen LogP contribution in [-0.2, 0) is 16.2 Å². The lowest BCUT2D eigenvalue weighted by Crippen LogP contribution is -2.60. The topological polar surface area (TPSA) is 28.9 Å². The highest BCUT2D eigenvalue weighted by molar-refractivity contribution is 6.92. The molecule has 4 heterocycles. The Labute approximate surface area is 375 Å². The average Bonchev–Trinajstić information content (AvgIpc) is 3.76. The van der Waals surface area contributed by atoms with Crippen LogP contribution in [0.25, 0.3) is 55.3 Å². The van der Waals surface area contributed by atoms with Crippen LogP contribution in [-0.4, -0.2) is 6.85 Å². The van der Waals surface area contributed by atoms with Crippen molar-refractivity contribution in [2.24, 2.45) is 0 Å². The second kappa shape index (κ2) is 12.6. The summed E-state index contributed by atoms with van der Waals surface area (Å²) in [5, 5.41) is 2.26. The normalized spacial score (nSPS) is 15.0. The number of furan rings is 1. The smallest absolute Gasteiger partial charge is 0.336 e. The molecule has 13 rings (SSSR count). The van der Waals surface area contributed by atoms with E-state index in [0.717, 1.165) is 50.3 Å². The summed E-state index contributed by atoms with van der Waals surface area (Å²) in [4.78, 5) is 5.20. The third-order valence-electron chi connectivity index (χ3n) is 14.7. The van der Waals surface area contributed by atoms with Gasteiger partial charge in [0, 0.05) is 32.9 Å². The molecule has 0 atom stereocenters. The summed E-state index contributed by atoms with van der Waals surface area (Å²) < 4.78 is 13.8. The van der Waals surface area contributed by atoms with Gasteiger partial charge in [0.25, 0.3) is 0 Å². The van der Waals surface area contributed by atoms with Crippen LogP contribution in [0.1, 0.15) is 77.6 Å². The van der Waals surface area contributed by atoms with Gasteiger partial charge in [-0.25, -0.2) is 0 Å². The third-order valence-corrected chi connectivity index (χ3v) is 14.7. The molecular formula is C59H49BN2O2. The predicted octanol–water partition coefficient (Wildman–Crippen LogP) is 15.0. The maximum atomic E-state index is 7.37. The Hall–Kier alpha value is -6.98. The van der Waals surface area contributed by atoms with Crippen molar-refractivity contribution >= 4 is 68.1 Å². The maximum Gasteiger partial charge on any atom is 0.336 e. The molecule has 0 fully saturated rings. The Balaban J connectivity index is 1.14. The van der Waals surface area contributed by atoms with Gasteiger partial charge in [-0.1, -0.05) is 134 Å². The quantitative estimate of drug-likeness (QED) is 0.162. The molecular weight excluding hydrogens is 779 g/mol. The minimum atomic E-state index is -0.173. The number of hydrogen-bond donors (Lipinski definition) is 0. The molecule has 4 aliphatic rings. The molecule has 4 nitrogen and oxygen atoms in total. The fraction of sp³-hybridized carbons (Fsp3) is 0.186. The summed E-state index contributed by atoms with van der Waals surface area (Å²) in [6, 6.07) is 56.5. The van der Waals surface area contributed by atoms with Crippen LogP contribution in [0.15, 0.2) is 156 Å². The molecule has 5 heteroatoms. The highest BCUT2D eigenvalue weighted by Crippen LogP contribution is 2.60. The average molecular weight is 829 g/mol. The van der Waals surface area contributed by atoms with E-state index in [1.165, 1.54) is 78.2 Å². The van der Waals surface area contributed by atoms with E-state index in [2.05, 4.69) is 211 Å². The highest BCUT2D eigenvalue weighted by atomic mass is 16.5. The Morgan fingerprint density at radius 3 is 2.05 bits per heavy atom. The number of hydrogen-bond acceptors (Lipinski definition) is 4. The van der Waals surface area contributed by atoms with Crippen molar-refractivity contribution < 1.29 is 9.15 Å². The summed E-state index contributed by atoms with van der Waals surface area (Å²) in [7, 11) is 0. The van der Waals surface area contributed by atoms with Crippen molar-refractivity contribution in [1.82, 2.24) is 0 Å². The zero-order valence-corrected chi connectivity index (χ0v) is 37.7. The van der Waals surface area contributed by atoms with Crippen LogP contribution in [0.2, 0.25) is 0 Å². The molecule has 0 bridgehead atoms. The number of ether oxygens (including phenoxy) is 1. The Kier molecular flexibility index (Phi) is 7.40. The summed E-state index contributed by atoms with van der Waals surface area (Å²) in [5.74, 6) is 1.81. The lowest BCUT2D eigenvalue weighted by atomic mass is 9.43. The van der Waals surface area contributed by atoms with E-state index in [1.807, 2.05) is 6.07 Å². The molecule has 310 valence electrons. The molecule has 0 saturated carbocycles. The van der Waals surface area contributed by atoms with E-state index < -0.39 is 0 Å². The Morgan fingerprint density at radius 2 is 1.23 bits per heavy atom. The van der Waals surface area contributed by atoms with Crippen LogP contribution in [0.3, 0.4) is 0 Å². The van der Waals surface area contributed by atoms with Gasteiger partial charge >= 0.3 is 6.85 Å². The number of para-hydroxylation sites is 2. The lowest BCUT2D eigenvalue weighted by Gasteiger charge is -2.49. The first kappa shape index (κ1) is 37.6. The van der Waals surface area contributed by atoms with E-state index in [-0.39, 0.29) is 23.1 Å². The van der Waals surface area contributed by atoms with E-state index in [9.17, 15) is 0 Å². The molecule has 0 radical (unpaired) electrons. The molecule has 8 aromatic carbocycles. The number of fused-ring (bicyclic) bond motifs is 12. The SMILES string of the molecule is CC(C)(C)c1ccc2c(c1)N(c1ccccc1)c1cc(C(C)(C)C)cc3c1N2B1c2cc4c(cc2Oc2cc(-c5ccc6c(c5)oc5ccccc56)cc-3c21)-c1ccccc1C4(C)C. The van der Waals surface area contributed by atoms with E-state index in [0.29, 0.717) is 0 Å². The van der Waals surface area contributed by atoms with Gasteiger partial charge < -0.3 is 18.9 Å². The van der Waals surface area contributed by atoms with Gasteiger partial charge in [-0.3, -0.25) is 0 Å². The molecule has 0 saturated heterocycles. The summed E-state index contributed by atoms with van der Waals surface area (Å²) in [5.41, 5.74) is 22.2. The molecule has 9 aromatic rings. The van der Waals surface area contributed by atoms with Gasteiger partial charge in [0.1, 0.15) is 22.7 Å². The zero-order chi connectivity index (χ0) is 43.6. The Morgan fingerprint density at radius 1 is 0.500 bits per heavy atom. The number of nitrogens with zero attached hydrogens (tertiary/aromatic N) is 2. The lowest BCUT2D eigenvalue weighted by molar-refractivity contribution is 0.487. The largest absolute Gasteiger partial charge is 0.458 e. The molecule has 64 heavy (non-hydrogen) atoms. The van der Waals surface area contributed by atoms with Crippen molar-refractivity contribution in [3.05, 3.63) is 174 Å². The van der Waals surface area contributed by atoms with Gasteiger partial charge in [0.15, 0.2) is 0 Å². The molecule has 0 amide bonds. The maximum absolute atomic E-state index is 7.37. The van der Waals surface area contributed by atoms with Gasteiger partial charge in [0.05, 0.1) is 22.7 Å². The predicted molar refractivity (Wildman–Crippen MR) is 268 cm³/mol. The fourth-order valence-electron chi connectivity index (χ4n) is 11.3. The van der Waals surface area contributed by atoms with Crippen LogP contribution < -0.4 is 25.4 Å². The van der Waals surface area contributed by atoms with Crippen LogP contribution in [0.4, 0.5) is 28.4 Å². The summed E-state index contributed by atoms with van der Waals surface area (Å²) >= 11 is 0. The molecule has 1 aromatic heterocycles. The van der Waals surface area contributed by atoms with Gasteiger partial charge in [-0.2, -0.15) is 0 Å². The second-order valence-corrected chi connectivity index (χ2v) is 21.0. The first-order valence-corrected chi connectivity index (χ1v) is 22.8. The number of benzene rings is 8. The molecule has 0 spiro atoms. The van der Waals surface area contributed by atoms with Gasteiger partial charge in [-0.05, 0) is 139 Å². The molecule has 1 aliphatic carbocycles.